The highest BCUT2D eigenvalue weighted by atomic mass is 79.9. The van der Waals surface area contributed by atoms with Crippen molar-refractivity contribution < 1.29 is 4.79 Å². The number of thioether (sulfide) groups is 1. The number of halogens is 2. The van der Waals surface area contributed by atoms with Crippen LogP contribution in [0.15, 0.2) is 67.2 Å². The van der Waals surface area contributed by atoms with Crippen molar-refractivity contribution in [2.45, 2.75) is 4.34 Å². The molecule has 0 spiro atoms. The van der Waals surface area contributed by atoms with E-state index < -0.39 is 0 Å². The molecule has 122 valence electrons. The second-order valence-electron chi connectivity index (χ2n) is 4.83. The molecule has 0 radical (unpaired) electrons. The summed E-state index contributed by atoms with van der Waals surface area (Å²) in [5.41, 5.74) is 2.80. The van der Waals surface area contributed by atoms with Crippen molar-refractivity contribution >= 4 is 66.6 Å². The van der Waals surface area contributed by atoms with Crippen LogP contribution in [-0.4, -0.2) is 16.6 Å². The Morgan fingerprint density at radius 1 is 1.12 bits per heavy atom. The molecule has 1 heterocycles. The van der Waals surface area contributed by atoms with E-state index in [1.807, 2.05) is 53.9 Å². The molecule has 3 aromatic rings. The number of carbonyl (C=O) groups is 1. The number of nitrogens with zero attached hydrogens (tertiary/aromatic N) is 1. The van der Waals surface area contributed by atoms with Gasteiger partial charge in [-0.15, -0.1) is 11.3 Å². The van der Waals surface area contributed by atoms with Gasteiger partial charge in [-0.1, -0.05) is 42.1 Å². The number of rotatable bonds is 5. The maximum absolute atomic E-state index is 12.1. The van der Waals surface area contributed by atoms with E-state index in [1.54, 1.807) is 11.3 Å². The quantitative estimate of drug-likeness (QED) is 0.448. The van der Waals surface area contributed by atoms with Gasteiger partial charge in [-0.2, -0.15) is 0 Å². The molecule has 7 heteroatoms. The lowest BCUT2D eigenvalue weighted by Gasteiger charge is -2.05. The van der Waals surface area contributed by atoms with Crippen LogP contribution in [0, 0.1) is 0 Å². The normalized spacial score (nSPS) is 10.6. The Hall–Kier alpha value is -1.15. The van der Waals surface area contributed by atoms with E-state index in [2.05, 4.69) is 42.2 Å². The fourth-order valence-corrected chi connectivity index (χ4v) is 4.22. The fraction of sp³-hybridized carbons (Fsp3) is 0.0588. The summed E-state index contributed by atoms with van der Waals surface area (Å²) in [5.74, 6) is 0.279. The molecule has 0 fully saturated rings. The monoisotopic (exact) mass is 482 g/mol. The molecule has 24 heavy (non-hydrogen) atoms. The predicted molar refractivity (Wildman–Crippen MR) is 109 cm³/mol. The summed E-state index contributed by atoms with van der Waals surface area (Å²) in [5, 5.41) is 4.90. The van der Waals surface area contributed by atoms with Gasteiger partial charge in [-0.25, -0.2) is 4.98 Å². The van der Waals surface area contributed by atoms with E-state index in [4.69, 9.17) is 0 Å². The molecule has 3 rings (SSSR count). The van der Waals surface area contributed by atoms with Crippen molar-refractivity contribution in [3.8, 4) is 11.3 Å². The molecule has 0 atom stereocenters. The molecule has 0 unspecified atom stereocenters. The summed E-state index contributed by atoms with van der Waals surface area (Å²) in [4.78, 5) is 16.6. The highest BCUT2D eigenvalue weighted by Gasteiger charge is 2.09. The molecule has 0 aliphatic rings. The van der Waals surface area contributed by atoms with Gasteiger partial charge in [0.25, 0.3) is 0 Å². The minimum atomic E-state index is -0.0503. The fourth-order valence-electron chi connectivity index (χ4n) is 1.96. The number of hydrogen-bond acceptors (Lipinski definition) is 4. The van der Waals surface area contributed by atoms with Gasteiger partial charge in [-0.05, 0) is 50.1 Å². The van der Waals surface area contributed by atoms with Crippen LogP contribution in [0.4, 0.5) is 5.69 Å². The summed E-state index contributed by atoms with van der Waals surface area (Å²) < 4.78 is 2.74. The maximum Gasteiger partial charge on any atom is 0.234 e. The topological polar surface area (TPSA) is 42.0 Å². The Morgan fingerprint density at radius 2 is 1.92 bits per heavy atom. The molecule has 0 saturated carbocycles. The number of thiazole rings is 1. The van der Waals surface area contributed by atoms with Crippen LogP contribution in [-0.2, 0) is 4.79 Å². The van der Waals surface area contributed by atoms with Crippen LogP contribution in [0.25, 0.3) is 11.3 Å². The Bertz CT molecular complexity index is 853. The zero-order valence-electron chi connectivity index (χ0n) is 12.3. The van der Waals surface area contributed by atoms with Crippen molar-refractivity contribution in [3.63, 3.8) is 0 Å². The first-order chi connectivity index (χ1) is 11.6. The first-order valence-corrected chi connectivity index (χ1v) is 10.5. The van der Waals surface area contributed by atoms with Gasteiger partial charge in [0.2, 0.25) is 5.91 Å². The Morgan fingerprint density at radius 3 is 2.67 bits per heavy atom. The van der Waals surface area contributed by atoms with E-state index in [-0.39, 0.29) is 5.91 Å². The molecule has 0 aliphatic carbocycles. The summed E-state index contributed by atoms with van der Waals surface area (Å²) >= 11 is 9.83. The summed E-state index contributed by atoms with van der Waals surface area (Å²) in [6.45, 7) is 0. The van der Waals surface area contributed by atoms with Crippen molar-refractivity contribution in [1.29, 1.82) is 0 Å². The van der Waals surface area contributed by atoms with Crippen molar-refractivity contribution in [1.82, 2.24) is 4.98 Å². The number of carbonyl (C=O) groups excluding carboxylic acids is 1. The van der Waals surface area contributed by atoms with Gasteiger partial charge in [0.05, 0.1) is 11.4 Å². The SMILES string of the molecule is O=C(CSc1nc(-c2ccccc2)cs1)Nc1ccc(Br)c(Br)c1. The average molecular weight is 484 g/mol. The molecule has 2 aromatic carbocycles. The highest BCUT2D eigenvalue weighted by Crippen LogP contribution is 2.29. The zero-order chi connectivity index (χ0) is 16.9. The highest BCUT2D eigenvalue weighted by molar-refractivity contribution is 9.13. The minimum absolute atomic E-state index is 0.0503. The summed E-state index contributed by atoms with van der Waals surface area (Å²) in [7, 11) is 0. The second kappa shape index (κ2) is 8.29. The van der Waals surface area contributed by atoms with Crippen LogP contribution in [0.1, 0.15) is 0 Å². The van der Waals surface area contributed by atoms with Gasteiger partial charge < -0.3 is 5.32 Å². The van der Waals surface area contributed by atoms with E-state index in [1.165, 1.54) is 11.8 Å². The largest absolute Gasteiger partial charge is 0.325 e. The minimum Gasteiger partial charge on any atom is -0.325 e. The lowest BCUT2D eigenvalue weighted by Crippen LogP contribution is -2.13. The molecule has 0 aliphatic heterocycles. The van der Waals surface area contributed by atoms with E-state index in [0.717, 1.165) is 30.2 Å². The molecule has 1 amide bonds. The van der Waals surface area contributed by atoms with Crippen LogP contribution >= 0.6 is 55.0 Å². The Kier molecular flexibility index (Phi) is 6.10. The van der Waals surface area contributed by atoms with Gasteiger partial charge in [0.15, 0.2) is 4.34 Å². The molecule has 1 aromatic heterocycles. The number of hydrogen-bond donors (Lipinski definition) is 1. The van der Waals surface area contributed by atoms with Gasteiger partial charge >= 0.3 is 0 Å². The molecular formula is C17H12Br2N2OS2. The number of nitrogens with one attached hydrogen (secondary N) is 1. The lowest BCUT2D eigenvalue weighted by molar-refractivity contribution is -0.113. The number of anilines is 1. The van der Waals surface area contributed by atoms with Crippen molar-refractivity contribution in [2.24, 2.45) is 0 Å². The third-order valence-electron chi connectivity index (χ3n) is 3.08. The number of aromatic nitrogens is 1. The second-order valence-corrected chi connectivity index (χ2v) is 8.62. The first-order valence-electron chi connectivity index (χ1n) is 7.00. The van der Waals surface area contributed by atoms with E-state index in [0.29, 0.717) is 5.75 Å². The predicted octanol–water partition coefficient (Wildman–Crippen LogP) is 6.07. The van der Waals surface area contributed by atoms with Crippen molar-refractivity contribution in [2.75, 3.05) is 11.1 Å². The van der Waals surface area contributed by atoms with Crippen LogP contribution in [0.3, 0.4) is 0 Å². The zero-order valence-corrected chi connectivity index (χ0v) is 17.1. The maximum atomic E-state index is 12.1. The summed E-state index contributed by atoms with van der Waals surface area (Å²) in [6.07, 6.45) is 0. The number of benzene rings is 2. The molecule has 0 bridgehead atoms. The van der Waals surface area contributed by atoms with Crippen LogP contribution in [0.5, 0.6) is 0 Å². The third-order valence-corrected chi connectivity index (χ3v) is 6.98. The summed E-state index contributed by atoms with van der Waals surface area (Å²) in [6, 6.07) is 15.6. The average Bonchev–Trinajstić information content (AvgIpc) is 3.06. The molecule has 3 nitrogen and oxygen atoms in total. The smallest absolute Gasteiger partial charge is 0.234 e. The van der Waals surface area contributed by atoms with Crippen molar-refractivity contribution in [3.05, 3.63) is 62.9 Å². The van der Waals surface area contributed by atoms with E-state index >= 15 is 0 Å². The third kappa shape index (κ3) is 4.69. The Labute approximate surface area is 165 Å². The van der Waals surface area contributed by atoms with Gasteiger partial charge in [-0.3, -0.25) is 4.79 Å². The van der Waals surface area contributed by atoms with Crippen LogP contribution < -0.4 is 5.32 Å². The molecule has 0 saturated heterocycles. The van der Waals surface area contributed by atoms with Gasteiger partial charge in [0, 0.05) is 25.6 Å². The first kappa shape index (κ1) is 17.7. The van der Waals surface area contributed by atoms with Gasteiger partial charge in [0.1, 0.15) is 0 Å². The molecular weight excluding hydrogens is 472 g/mol. The van der Waals surface area contributed by atoms with E-state index in [9.17, 15) is 4.79 Å². The number of amides is 1. The standard InChI is InChI=1S/C17H12Br2N2OS2/c18-13-7-6-12(8-14(13)19)20-16(22)10-24-17-21-15(9-23-17)11-4-2-1-3-5-11/h1-9H,10H2,(H,20,22). The lowest BCUT2D eigenvalue weighted by atomic mass is 10.2. The Balaban J connectivity index is 1.56. The van der Waals surface area contributed by atoms with Crippen LogP contribution in [0.2, 0.25) is 0 Å². The molecule has 1 N–H and O–H groups in total.